The molecule has 0 radical (unpaired) electrons. The Morgan fingerprint density at radius 1 is 1.53 bits per heavy atom. The van der Waals surface area contributed by atoms with Crippen LogP contribution in [0, 0.1) is 12.8 Å². The first-order valence-electron chi connectivity index (χ1n) is 6.87. The second-order valence-corrected chi connectivity index (χ2v) is 6.34. The van der Waals surface area contributed by atoms with Crippen LogP contribution in [0.1, 0.15) is 48.5 Å². The molecular weight excluding hydrogens is 304 g/mol. The third-order valence-corrected chi connectivity index (χ3v) is 4.26. The molecule has 0 heterocycles. The molecule has 1 fully saturated rings. The first-order chi connectivity index (χ1) is 9.01. The van der Waals surface area contributed by atoms with Gasteiger partial charge in [-0.25, -0.2) is 0 Å². The van der Waals surface area contributed by atoms with Crippen LogP contribution < -0.4 is 11.1 Å². The van der Waals surface area contributed by atoms with Crippen LogP contribution in [-0.4, -0.2) is 11.9 Å². The van der Waals surface area contributed by atoms with E-state index in [4.69, 9.17) is 5.73 Å². The highest BCUT2D eigenvalue weighted by Gasteiger charge is 2.26. The Balaban J connectivity index is 2.09. The number of carbonyl (C=O) groups excluding carboxylic acids is 1. The highest BCUT2D eigenvalue weighted by molar-refractivity contribution is 9.10. The maximum atomic E-state index is 12.4. The van der Waals surface area contributed by atoms with E-state index in [0.29, 0.717) is 11.3 Å². The third kappa shape index (κ3) is 3.72. The highest BCUT2D eigenvalue weighted by atomic mass is 79.9. The number of carbonyl (C=O) groups is 1. The molecule has 4 heteroatoms. The molecule has 1 saturated carbocycles. The number of nitrogens with two attached hydrogens (primary N) is 1. The standard InChI is InChI=1S/C15H21BrN2O/c1-3-12(6-10-4-5-10)18-15(19)13-7-11(16)8-14(17)9(13)2/h7-8,10,12H,3-6,17H2,1-2H3,(H,18,19). The lowest BCUT2D eigenvalue weighted by atomic mass is 10.0. The van der Waals surface area contributed by atoms with E-state index in [2.05, 4.69) is 28.2 Å². The van der Waals surface area contributed by atoms with Gasteiger partial charge in [0.2, 0.25) is 0 Å². The largest absolute Gasteiger partial charge is 0.398 e. The molecule has 104 valence electrons. The molecule has 0 aliphatic heterocycles. The summed E-state index contributed by atoms with van der Waals surface area (Å²) in [7, 11) is 0. The molecule has 1 aromatic rings. The molecule has 3 nitrogen and oxygen atoms in total. The van der Waals surface area contributed by atoms with E-state index in [9.17, 15) is 4.79 Å². The molecule has 1 aromatic carbocycles. The van der Waals surface area contributed by atoms with Gasteiger partial charge in [0.05, 0.1) is 0 Å². The topological polar surface area (TPSA) is 55.1 Å². The quantitative estimate of drug-likeness (QED) is 0.812. The number of nitrogens with one attached hydrogen (secondary N) is 1. The number of benzene rings is 1. The van der Waals surface area contributed by atoms with Gasteiger partial charge in [-0.05, 0) is 43.4 Å². The van der Waals surface area contributed by atoms with Gasteiger partial charge in [-0.1, -0.05) is 35.7 Å². The van der Waals surface area contributed by atoms with Crippen molar-refractivity contribution in [2.45, 2.75) is 45.6 Å². The fourth-order valence-corrected chi connectivity index (χ4v) is 2.76. The van der Waals surface area contributed by atoms with Gasteiger partial charge in [-0.2, -0.15) is 0 Å². The molecule has 0 aromatic heterocycles. The van der Waals surface area contributed by atoms with Gasteiger partial charge in [0, 0.05) is 21.8 Å². The lowest BCUT2D eigenvalue weighted by Crippen LogP contribution is -2.35. The maximum absolute atomic E-state index is 12.4. The molecule has 1 aliphatic carbocycles. The monoisotopic (exact) mass is 324 g/mol. The fraction of sp³-hybridized carbons (Fsp3) is 0.533. The zero-order chi connectivity index (χ0) is 14.0. The van der Waals surface area contributed by atoms with E-state index in [-0.39, 0.29) is 11.9 Å². The minimum Gasteiger partial charge on any atom is -0.398 e. The first kappa shape index (κ1) is 14.4. The minimum atomic E-state index is -0.0157. The van der Waals surface area contributed by atoms with E-state index in [1.807, 2.05) is 19.1 Å². The Bertz CT molecular complexity index is 483. The fourth-order valence-electron chi connectivity index (χ4n) is 2.28. The van der Waals surface area contributed by atoms with Crippen LogP contribution in [0.25, 0.3) is 0 Å². The van der Waals surface area contributed by atoms with Crippen molar-refractivity contribution in [3.8, 4) is 0 Å². The van der Waals surface area contributed by atoms with Gasteiger partial charge in [-0.15, -0.1) is 0 Å². The molecule has 1 amide bonds. The number of amides is 1. The van der Waals surface area contributed by atoms with E-state index < -0.39 is 0 Å². The number of halogens is 1. The molecule has 1 atom stereocenters. The Morgan fingerprint density at radius 2 is 2.21 bits per heavy atom. The van der Waals surface area contributed by atoms with Crippen LogP contribution in [0.15, 0.2) is 16.6 Å². The summed E-state index contributed by atoms with van der Waals surface area (Å²) >= 11 is 3.39. The van der Waals surface area contributed by atoms with Gasteiger partial charge in [0.15, 0.2) is 0 Å². The normalized spacial score (nSPS) is 16.2. The zero-order valence-electron chi connectivity index (χ0n) is 11.5. The van der Waals surface area contributed by atoms with Crippen molar-refractivity contribution in [2.75, 3.05) is 5.73 Å². The SMILES string of the molecule is CCC(CC1CC1)NC(=O)c1cc(Br)cc(N)c1C. The van der Waals surface area contributed by atoms with Crippen LogP contribution in [0.2, 0.25) is 0 Å². The second kappa shape index (κ2) is 5.95. The summed E-state index contributed by atoms with van der Waals surface area (Å²) in [6.45, 7) is 4.01. The summed E-state index contributed by atoms with van der Waals surface area (Å²) in [6.07, 6.45) is 4.71. The summed E-state index contributed by atoms with van der Waals surface area (Å²) in [6, 6.07) is 3.94. The van der Waals surface area contributed by atoms with E-state index in [0.717, 1.165) is 28.8 Å². The number of rotatable bonds is 5. The maximum Gasteiger partial charge on any atom is 0.251 e. The summed E-state index contributed by atoms with van der Waals surface area (Å²) in [5.74, 6) is 0.803. The van der Waals surface area contributed by atoms with Gasteiger partial charge >= 0.3 is 0 Å². The van der Waals surface area contributed by atoms with Crippen LogP contribution in [-0.2, 0) is 0 Å². The van der Waals surface area contributed by atoms with E-state index >= 15 is 0 Å². The van der Waals surface area contributed by atoms with Crippen molar-refractivity contribution in [1.29, 1.82) is 0 Å². The van der Waals surface area contributed by atoms with Crippen molar-refractivity contribution < 1.29 is 4.79 Å². The first-order valence-corrected chi connectivity index (χ1v) is 7.67. The van der Waals surface area contributed by atoms with Crippen molar-refractivity contribution in [1.82, 2.24) is 5.32 Å². The highest BCUT2D eigenvalue weighted by Crippen LogP contribution is 2.34. The van der Waals surface area contributed by atoms with Crippen LogP contribution >= 0.6 is 15.9 Å². The van der Waals surface area contributed by atoms with Crippen molar-refractivity contribution >= 4 is 27.5 Å². The van der Waals surface area contributed by atoms with Crippen LogP contribution in [0.4, 0.5) is 5.69 Å². The smallest absolute Gasteiger partial charge is 0.251 e. The van der Waals surface area contributed by atoms with Crippen LogP contribution in [0.5, 0.6) is 0 Å². The van der Waals surface area contributed by atoms with Gasteiger partial charge in [0.1, 0.15) is 0 Å². The number of anilines is 1. The van der Waals surface area contributed by atoms with Crippen molar-refractivity contribution in [3.05, 3.63) is 27.7 Å². The number of nitrogen functional groups attached to an aromatic ring is 1. The summed E-state index contributed by atoms with van der Waals surface area (Å²) in [4.78, 5) is 12.4. The zero-order valence-corrected chi connectivity index (χ0v) is 13.1. The lowest BCUT2D eigenvalue weighted by Gasteiger charge is -2.18. The summed E-state index contributed by atoms with van der Waals surface area (Å²) in [5, 5.41) is 3.13. The average Bonchev–Trinajstić information content (AvgIpc) is 3.16. The Kier molecular flexibility index (Phi) is 4.50. The molecule has 1 unspecified atom stereocenters. The van der Waals surface area contributed by atoms with Gasteiger partial charge in [0.25, 0.3) is 5.91 Å². The molecule has 19 heavy (non-hydrogen) atoms. The predicted octanol–water partition coefficient (Wildman–Crippen LogP) is 3.65. The summed E-state index contributed by atoms with van der Waals surface area (Å²) in [5.41, 5.74) is 8.07. The van der Waals surface area contributed by atoms with E-state index in [1.54, 1.807) is 0 Å². The van der Waals surface area contributed by atoms with Crippen molar-refractivity contribution in [3.63, 3.8) is 0 Å². The molecular formula is C15H21BrN2O. The lowest BCUT2D eigenvalue weighted by molar-refractivity contribution is 0.0932. The van der Waals surface area contributed by atoms with Gasteiger partial charge in [-0.3, -0.25) is 4.79 Å². The predicted molar refractivity (Wildman–Crippen MR) is 82.2 cm³/mol. The van der Waals surface area contributed by atoms with E-state index in [1.165, 1.54) is 12.8 Å². The third-order valence-electron chi connectivity index (χ3n) is 3.80. The molecule has 0 spiro atoms. The summed E-state index contributed by atoms with van der Waals surface area (Å²) < 4.78 is 0.844. The van der Waals surface area contributed by atoms with Crippen molar-refractivity contribution in [2.24, 2.45) is 5.92 Å². The Hall–Kier alpha value is -1.03. The average molecular weight is 325 g/mol. The molecule has 0 bridgehead atoms. The molecule has 3 N–H and O–H groups in total. The minimum absolute atomic E-state index is 0.0157. The number of hydrogen-bond donors (Lipinski definition) is 2. The molecule has 0 saturated heterocycles. The van der Waals surface area contributed by atoms with Crippen LogP contribution in [0.3, 0.4) is 0 Å². The van der Waals surface area contributed by atoms with Gasteiger partial charge < -0.3 is 11.1 Å². The Labute approximate surface area is 123 Å². The second-order valence-electron chi connectivity index (χ2n) is 5.43. The molecule has 2 rings (SSSR count). The number of hydrogen-bond acceptors (Lipinski definition) is 2. The Morgan fingerprint density at radius 3 is 2.79 bits per heavy atom. The molecule has 1 aliphatic rings.